The Morgan fingerprint density at radius 1 is 0.911 bits per heavy atom. The highest BCUT2D eigenvalue weighted by molar-refractivity contribution is 7.80. The highest BCUT2D eigenvalue weighted by Gasteiger charge is 2.44. The first kappa shape index (κ1) is 32.4. The maximum Gasteiger partial charge on any atom is 0.256 e. The number of thiocarbonyl (C=S) groups is 1. The number of methoxy groups -OCH3 is 1. The minimum Gasteiger partial charge on any atom is -0.497 e. The summed E-state index contributed by atoms with van der Waals surface area (Å²) in [7, 11) is 1.59. The molecule has 2 fully saturated rings. The summed E-state index contributed by atoms with van der Waals surface area (Å²) in [4.78, 5) is 35.5. The Hall–Kier alpha value is -3.99. The van der Waals surface area contributed by atoms with Gasteiger partial charge in [-0.1, -0.05) is 43.3 Å². The second-order valence-electron chi connectivity index (χ2n) is 11.4. The fraction of sp³-hybridized carbons (Fsp3) is 0.400. The molecule has 10 heteroatoms. The molecular weight excluding hydrogens is 586 g/mol. The van der Waals surface area contributed by atoms with Crippen molar-refractivity contribution < 1.29 is 19.1 Å². The molecule has 2 amide bonds. The predicted molar refractivity (Wildman–Crippen MR) is 182 cm³/mol. The highest BCUT2D eigenvalue weighted by atomic mass is 32.1. The van der Waals surface area contributed by atoms with E-state index < -0.39 is 6.04 Å². The zero-order valence-corrected chi connectivity index (χ0v) is 27.0. The van der Waals surface area contributed by atoms with Gasteiger partial charge in [-0.3, -0.25) is 19.4 Å². The van der Waals surface area contributed by atoms with Gasteiger partial charge in [0.15, 0.2) is 5.11 Å². The second-order valence-corrected chi connectivity index (χ2v) is 11.8. The molecule has 45 heavy (non-hydrogen) atoms. The Balaban J connectivity index is 1.20. The molecule has 1 unspecified atom stereocenters. The molecule has 3 aromatic carbocycles. The zero-order valence-electron chi connectivity index (χ0n) is 26.2. The fourth-order valence-corrected chi connectivity index (χ4v) is 6.21. The van der Waals surface area contributed by atoms with Gasteiger partial charge in [0.2, 0.25) is 5.91 Å². The number of carbonyl (C=O) groups is 2. The highest BCUT2D eigenvalue weighted by Crippen LogP contribution is 2.30. The Bertz CT molecular complexity index is 1430. The Morgan fingerprint density at radius 2 is 1.64 bits per heavy atom. The molecule has 2 saturated heterocycles. The molecular formula is C35H43N5O4S. The van der Waals surface area contributed by atoms with Gasteiger partial charge in [-0.15, -0.1) is 0 Å². The van der Waals surface area contributed by atoms with E-state index in [1.807, 2.05) is 47.4 Å². The van der Waals surface area contributed by atoms with Crippen LogP contribution in [0.3, 0.4) is 0 Å². The van der Waals surface area contributed by atoms with Crippen LogP contribution in [0.1, 0.15) is 31.7 Å². The van der Waals surface area contributed by atoms with Gasteiger partial charge in [0.25, 0.3) is 5.91 Å². The summed E-state index contributed by atoms with van der Waals surface area (Å²) >= 11 is 5.88. The average molecular weight is 630 g/mol. The number of anilines is 2. The Labute approximate surface area is 271 Å². The fourth-order valence-electron chi connectivity index (χ4n) is 5.79. The number of carbonyl (C=O) groups excluding carboxylic acids is 2. The van der Waals surface area contributed by atoms with E-state index in [2.05, 4.69) is 52.4 Å². The first-order chi connectivity index (χ1) is 21.9. The van der Waals surface area contributed by atoms with E-state index >= 15 is 0 Å². The first-order valence-corrected chi connectivity index (χ1v) is 16.2. The predicted octanol–water partition coefficient (Wildman–Crippen LogP) is 5.02. The van der Waals surface area contributed by atoms with Crippen LogP contribution < -0.4 is 19.7 Å². The number of hydrogen-bond donors (Lipinski definition) is 1. The van der Waals surface area contributed by atoms with E-state index in [-0.39, 0.29) is 18.2 Å². The van der Waals surface area contributed by atoms with Gasteiger partial charge in [0.1, 0.15) is 17.5 Å². The minimum absolute atomic E-state index is 0.00825. The van der Waals surface area contributed by atoms with Gasteiger partial charge in [0.05, 0.1) is 25.8 Å². The zero-order chi connectivity index (χ0) is 31.6. The first-order valence-electron chi connectivity index (χ1n) is 15.7. The SMILES string of the molecule is CCCOc1ccc(NC(=O)CC2C(=O)N(c3cccc(OC)c3)C(=S)N2CCCN2CCN(Cc3ccccc3)CC2)cc1. The van der Waals surface area contributed by atoms with Crippen molar-refractivity contribution >= 4 is 40.5 Å². The average Bonchev–Trinajstić information content (AvgIpc) is 3.29. The van der Waals surface area contributed by atoms with Crippen molar-refractivity contribution in [1.82, 2.24) is 14.7 Å². The molecule has 1 atom stereocenters. The van der Waals surface area contributed by atoms with Crippen LogP contribution in [0.2, 0.25) is 0 Å². The molecule has 0 saturated carbocycles. The van der Waals surface area contributed by atoms with Crippen LogP contribution in [-0.4, -0.2) is 90.7 Å². The lowest BCUT2D eigenvalue weighted by atomic mass is 10.1. The largest absolute Gasteiger partial charge is 0.497 e. The molecule has 5 rings (SSSR count). The van der Waals surface area contributed by atoms with Gasteiger partial charge in [-0.25, -0.2) is 0 Å². The van der Waals surface area contributed by atoms with E-state index in [0.717, 1.165) is 57.9 Å². The van der Waals surface area contributed by atoms with Crippen molar-refractivity contribution in [2.45, 2.75) is 38.8 Å². The standard InChI is InChI=1S/C35H43N5O4S/c1-3-23-44-30-15-13-28(14-16-30)36-33(41)25-32-34(42)40(29-11-7-12-31(24-29)43-2)35(45)39(32)18-8-17-37-19-21-38(22-20-37)26-27-9-5-4-6-10-27/h4-7,9-16,24,32H,3,8,17-23,25-26H2,1-2H3,(H,36,41). The molecule has 0 spiro atoms. The van der Waals surface area contributed by atoms with Crippen molar-refractivity contribution in [1.29, 1.82) is 0 Å². The number of rotatable bonds is 14. The topological polar surface area (TPSA) is 77.6 Å². The number of nitrogens with one attached hydrogen (secondary N) is 1. The molecule has 9 nitrogen and oxygen atoms in total. The van der Waals surface area contributed by atoms with Crippen molar-refractivity contribution in [3.63, 3.8) is 0 Å². The van der Waals surface area contributed by atoms with E-state index in [9.17, 15) is 9.59 Å². The van der Waals surface area contributed by atoms with Gasteiger partial charge in [-0.2, -0.15) is 0 Å². The summed E-state index contributed by atoms with van der Waals surface area (Å²) in [6.45, 7) is 9.19. The van der Waals surface area contributed by atoms with Crippen LogP contribution in [0, 0.1) is 0 Å². The van der Waals surface area contributed by atoms with Crippen molar-refractivity contribution in [2.24, 2.45) is 0 Å². The third kappa shape index (κ3) is 8.59. The van der Waals surface area contributed by atoms with Crippen LogP contribution >= 0.6 is 12.2 Å². The summed E-state index contributed by atoms with van der Waals surface area (Å²) in [5.74, 6) is 0.934. The summed E-state index contributed by atoms with van der Waals surface area (Å²) in [6.07, 6.45) is 1.74. The summed E-state index contributed by atoms with van der Waals surface area (Å²) in [6, 6.07) is 24.5. The van der Waals surface area contributed by atoms with Gasteiger partial charge in [0, 0.05) is 51.0 Å². The molecule has 0 bridgehead atoms. The molecule has 3 aromatic rings. The van der Waals surface area contributed by atoms with Crippen molar-refractivity contribution in [3.8, 4) is 11.5 Å². The number of piperazine rings is 1. The smallest absolute Gasteiger partial charge is 0.256 e. The summed E-state index contributed by atoms with van der Waals surface area (Å²) < 4.78 is 11.0. The van der Waals surface area contributed by atoms with Gasteiger partial charge >= 0.3 is 0 Å². The molecule has 1 N–H and O–H groups in total. The normalized spacial score (nSPS) is 17.5. The minimum atomic E-state index is -0.696. The van der Waals surface area contributed by atoms with E-state index in [4.69, 9.17) is 21.7 Å². The molecule has 0 aliphatic carbocycles. The van der Waals surface area contributed by atoms with Crippen LogP contribution in [-0.2, 0) is 16.1 Å². The lowest BCUT2D eigenvalue weighted by Gasteiger charge is -2.35. The number of hydrogen-bond acceptors (Lipinski definition) is 7. The maximum atomic E-state index is 13.9. The Kier molecular flexibility index (Phi) is 11.4. The molecule has 0 aromatic heterocycles. The van der Waals surface area contributed by atoms with Crippen LogP contribution in [0.15, 0.2) is 78.9 Å². The molecule has 2 heterocycles. The Morgan fingerprint density at radius 3 is 2.36 bits per heavy atom. The van der Waals surface area contributed by atoms with Gasteiger partial charge < -0.3 is 24.6 Å². The van der Waals surface area contributed by atoms with E-state index in [1.54, 1.807) is 13.2 Å². The lowest BCUT2D eigenvalue weighted by Crippen LogP contribution is -2.47. The van der Waals surface area contributed by atoms with E-state index in [0.29, 0.717) is 35.4 Å². The second kappa shape index (κ2) is 15.8. The quantitative estimate of drug-likeness (QED) is 0.249. The number of benzene rings is 3. The lowest BCUT2D eigenvalue weighted by molar-refractivity contribution is -0.124. The van der Waals surface area contributed by atoms with Crippen molar-refractivity contribution in [2.75, 3.05) is 63.2 Å². The summed E-state index contributed by atoms with van der Waals surface area (Å²) in [5.41, 5.74) is 2.63. The number of nitrogens with zero attached hydrogens (tertiary/aromatic N) is 4. The molecule has 238 valence electrons. The third-order valence-corrected chi connectivity index (χ3v) is 8.62. The number of amides is 2. The van der Waals surface area contributed by atoms with E-state index in [1.165, 1.54) is 10.5 Å². The molecule has 2 aliphatic rings. The summed E-state index contributed by atoms with van der Waals surface area (Å²) in [5, 5.41) is 3.36. The third-order valence-electron chi connectivity index (χ3n) is 8.21. The number of ether oxygens (including phenoxy) is 2. The molecule has 0 radical (unpaired) electrons. The van der Waals surface area contributed by atoms with Crippen LogP contribution in [0.5, 0.6) is 11.5 Å². The molecule has 2 aliphatic heterocycles. The maximum absolute atomic E-state index is 13.9. The van der Waals surface area contributed by atoms with Crippen molar-refractivity contribution in [3.05, 3.63) is 84.4 Å². The van der Waals surface area contributed by atoms with Crippen LogP contribution in [0.25, 0.3) is 0 Å². The van der Waals surface area contributed by atoms with Gasteiger partial charge in [-0.05, 0) is 73.6 Å². The monoisotopic (exact) mass is 629 g/mol. The van der Waals surface area contributed by atoms with Crippen LogP contribution in [0.4, 0.5) is 11.4 Å².